The van der Waals surface area contributed by atoms with Crippen molar-refractivity contribution < 1.29 is 22.3 Å². The van der Waals surface area contributed by atoms with Crippen molar-refractivity contribution in [1.82, 2.24) is 5.06 Å². The lowest BCUT2D eigenvalue weighted by atomic mass is 9.86. The van der Waals surface area contributed by atoms with Crippen molar-refractivity contribution in [1.29, 1.82) is 0 Å². The van der Waals surface area contributed by atoms with Gasteiger partial charge < -0.3 is 0 Å². The van der Waals surface area contributed by atoms with Crippen LogP contribution in [-0.2, 0) is 27.2 Å². The molecule has 2 aliphatic carbocycles. The third kappa shape index (κ3) is 3.12. The highest BCUT2D eigenvalue weighted by Crippen LogP contribution is 2.41. The summed E-state index contributed by atoms with van der Waals surface area (Å²) >= 11 is 0. The standard InChI is InChI=1S/C21H21NO5S/c1-28(25,26)27-22-20(23)17-9-6-14(10-12-2-3-12)16-8-7-15(11-13-4-5-13)18(19(16)17)21(22)24/h6-9,12-13H,2-5,10-11H2,1H3. The van der Waals surface area contributed by atoms with Crippen LogP contribution in [0.25, 0.3) is 10.8 Å². The smallest absolute Gasteiger partial charge is 0.266 e. The molecule has 6 nitrogen and oxygen atoms in total. The summed E-state index contributed by atoms with van der Waals surface area (Å²) in [6.45, 7) is 0. The highest BCUT2D eigenvalue weighted by atomic mass is 32.2. The van der Waals surface area contributed by atoms with Gasteiger partial charge in [-0.2, -0.15) is 8.42 Å². The number of imide groups is 1. The zero-order chi connectivity index (χ0) is 19.6. The summed E-state index contributed by atoms with van der Waals surface area (Å²) in [7, 11) is -4.02. The normalized spacial score (nSPS) is 19.5. The lowest BCUT2D eigenvalue weighted by Gasteiger charge is -2.27. The summed E-state index contributed by atoms with van der Waals surface area (Å²) in [5.74, 6) is -0.202. The molecule has 5 rings (SSSR count). The summed E-state index contributed by atoms with van der Waals surface area (Å²) in [5, 5.41) is 1.97. The monoisotopic (exact) mass is 399 g/mol. The van der Waals surface area contributed by atoms with Crippen molar-refractivity contribution >= 4 is 32.7 Å². The molecule has 0 aromatic heterocycles. The zero-order valence-corrected chi connectivity index (χ0v) is 16.4. The number of amides is 2. The molecular weight excluding hydrogens is 378 g/mol. The Hall–Kier alpha value is -2.25. The van der Waals surface area contributed by atoms with E-state index in [2.05, 4.69) is 0 Å². The molecule has 2 amide bonds. The quantitative estimate of drug-likeness (QED) is 0.697. The SMILES string of the molecule is CS(=O)(=O)ON1C(=O)c2ccc(CC3CC3)c3ccc(CC4CC4)c(c23)C1=O. The molecule has 0 spiro atoms. The first kappa shape index (κ1) is 17.8. The minimum absolute atomic E-state index is 0.324. The number of hydrogen-bond donors (Lipinski definition) is 0. The van der Waals surface area contributed by atoms with Gasteiger partial charge in [0, 0.05) is 5.39 Å². The predicted octanol–water partition coefficient (Wildman–Crippen LogP) is 3.23. The third-order valence-corrected chi connectivity index (χ3v) is 6.21. The maximum absolute atomic E-state index is 13.2. The topological polar surface area (TPSA) is 80.8 Å². The number of carbonyl (C=O) groups excluding carboxylic acids is 2. The molecule has 2 aromatic rings. The van der Waals surface area contributed by atoms with E-state index in [1.165, 1.54) is 12.8 Å². The molecule has 0 radical (unpaired) electrons. The van der Waals surface area contributed by atoms with E-state index in [1.54, 1.807) is 6.07 Å². The number of hydrogen-bond acceptors (Lipinski definition) is 5. The summed E-state index contributed by atoms with van der Waals surface area (Å²) in [6, 6.07) is 7.61. The van der Waals surface area contributed by atoms with E-state index in [0.717, 1.165) is 48.5 Å². The molecular formula is C21H21NO5S. The van der Waals surface area contributed by atoms with Crippen LogP contribution < -0.4 is 0 Å². The molecule has 0 N–H and O–H groups in total. The molecule has 2 aromatic carbocycles. The van der Waals surface area contributed by atoms with Crippen molar-refractivity contribution in [2.75, 3.05) is 6.26 Å². The van der Waals surface area contributed by atoms with Crippen LogP contribution in [0.4, 0.5) is 0 Å². The van der Waals surface area contributed by atoms with Crippen LogP contribution in [0.3, 0.4) is 0 Å². The van der Waals surface area contributed by atoms with Gasteiger partial charge in [-0.3, -0.25) is 9.59 Å². The van der Waals surface area contributed by atoms with Gasteiger partial charge in [0.1, 0.15) is 0 Å². The Morgan fingerprint density at radius 2 is 1.54 bits per heavy atom. The Bertz CT molecular complexity index is 1130. The van der Waals surface area contributed by atoms with Crippen LogP contribution in [0.5, 0.6) is 0 Å². The van der Waals surface area contributed by atoms with E-state index < -0.39 is 21.9 Å². The van der Waals surface area contributed by atoms with Crippen molar-refractivity contribution in [3.8, 4) is 0 Å². The largest absolute Gasteiger partial charge is 0.287 e. The molecule has 1 aliphatic heterocycles. The molecule has 0 unspecified atom stereocenters. The fourth-order valence-electron chi connectivity index (χ4n) is 4.09. The van der Waals surface area contributed by atoms with Gasteiger partial charge in [-0.05, 0) is 72.9 Å². The summed E-state index contributed by atoms with van der Waals surface area (Å²) in [4.78, 5) is 26.1. The lowest BCUT2D eigenvalue weighted by Crippen LogP contribution is -2.42. The van der Waals surface area contributed by atoms with Crippen molar-refractivity contribution in [3.63, 3.8) is 0 Å². The molecule has 0 saturated heterocycles. The maximum Gasteiger partial charge on any atom is 0.287 e. The number of benzene rings is 2. The predicted molar refractivity (Wildman–Crippen MR) is 103 cm³/mol. The van der Waals surface area contributed by atoms with Gasteiger partial charge in [0.05, 0.1) is 17.4 Å². The van der Waals surface area contributed by atoms with Gasteiger partial charge in [0.2, 0.25) is 0 Å². The first-order valence-corrected chi connectivity index (χ1v) is 11.5. The average Bonchev–Trinajstić information content (AvgIpc) is 3.53. The molecule has 1 heterocycles. The van der Waals surface area contributed by atoms with E-state index in [9.17, 15) is 18.0 Å². The molecule has 0 bridgehead atoms. The number of rotatable bonds is 6. The molecule has 7 heteroatoms. The summed E-state index contributed by atoms with van der Waals surface area (Å²) in [6.07, 6.45) is 7.20. The molecule has 28 heavy (non-hydrogen) atoms. The van der Waals surface area contributed by atoms with Crippen LogP contribution in [-0.4, -0.2) is 31.6 Å². The molecule has 3 aliphatic rings. The third-order valence-electron chi connectivity index (χ3n) is 5.79. The van der Waals surface area contributed by atoms with Crippen LogP contribution >= 0.6 is 0 Å². The Kier molecular flexibility index (Phi) is 3.90. The second-order valence-corrected chi connectivity index (χ2v) is 9.83. The van der Waals surface area contributed by atoms with Crippen LogP contribution in [0.2, 0.25) is 0 Å². The van der Waals surface area contributed by atoms with Gasteiger partial charge in [0.25, 0.3) is 21.9 Å². The minimum Gasteiger partial charge on any atom is -0.266 e. The van der Waals surface area contributed by atoms with E-state index >= 15 is 0 Å². The fraction of sp³-hybridized carbons (Fsp3) is 0.429. The van der Waals surface area contributed by atoms with Gasteiger partial charge >= 0.3 is 0 Å². The minimum atomic E-state index is -4.02. The summed E-state index contributed by atoms with van der Waals surface area (Å²) in [5.41, 5.74) is 2.74. The Morgan fingerprint density at radius 3 is 2.14 bits per heavy atom. The van der Waals surface area contributed by atoms with Crippen molar-refractivity contribution in [3.05, 3.63) is 46.5 Å². The van der Waals surface area contributed by atoms with E-state index in [0.29, 0.717) is 33.4 Å². The zero-order valence-electron chi connectivity index (χ0n) is 15.6. The highest BCUT2D eigenvalue weighted by molar-refractivity contribution is 7.85. The average molecular weight is 399 g/mol. The first-order chi connectivity index (χ1) is 13.3. The van der Waals surface area contributed by atoms with Crippen LogP contribution in [0, 0.1) is 11.8 Å². The van der Waals surface area contributed by atoms with E-state index in [-0.39, 0.29) is 0 Å². The fourth-order valence-corrected chi connectivity index (χ4v) is 4.50. The van der Waals surface area contributed by atoms with Crippen molar-refractivity contribution in [2.24, 2.45) is 11.8 Å². The second-order valence-electron chi connectivity index (χ2n) is 8.27. The van der Waals surface area contributed by atoms with Gasteiger partial charge in [0.15, 0.2) is 0 Å². The number of carbonyl (C=O) groups is 2. The molecule has 146 valence electrons. The molecule has 0 atom stereocenters. The van der Waals surface area contributed by atoms with Crippen LogP contribution in [0.15, 0.2) is 24.3 Å². The number of hydroxylamine groups is 2. The van der Waals surface area contributed by atoms with E-state index in [4.69, 9.17) is 4.28 Å². The second kappa shape index (κ2) is 6.12. The van der Waals surface area contributed by atoms with E-state index in [1.807, 2.05) is 18.2 Å². The maximum atomic E-state index is 13.2. The summed E-state index contributed by atoms with van der Waals surface area (Å²) < 4.78 is 28.0. The molecule has 2 saturated carbocycles. The lowest BCUT2D eigenvalue weighted by molar-refractivity contribution is -0.0150. The number of nitrogens with zero attached hydrogens (tertiary/aromatic N) is 1. The van der Waals surface area contributed by atoms with Gasteiger partial charge in [-0.1, -0.05) is 18.2 Å². The Labute approximate surface area is 163 Å². The van der Waals surface area contributed by atoms with Crippen molar-refractivity contribution in [2.45, 2.75) is 38.5 Å². The van der Waals surface area contributed by atoms with Crippen LogP contribution in [0.1, 0.15) is 57.5 Å². The Morgan fingerprint density at radius 1 is 0.929 bits per heavy atom. The molecule has 2 fully saturated rings. The Balaban J connectivity index is 1.71. The highest BCUT2D eigenvalue weighted by Gasteiger charge is 2.39. The first-order valence-electron chi connectivity index (χ1n) is 9.67. The van der Waals surface area contributed by atoms with Gasteiger partial charge in [-0.15, -0.1) is 9.35 Å². The van der Waals surface area contributed by atoms with Gasteiger partial charge in [-0.25, -0.2) is 0 Å².